The molecule has 0 spiro atoms. The Morgan fingerprint density at radius 1 is 1.39 bits per heavy atom. The number of carbonyl (C=O) groups excluding carboxylic acids is 1. The summed E-state index contributed by atoms with van der Waals surface area (Å²) in [5.41, 5.74) is 0.131. The van der Waals surface area contributed by atoms with E-state index in [1.807, 2.05) is 32.2 Å². The maximum Gasteiger partial charge on any atom is 0.328 e. The quantitative estimate of drug-likeness (QED) is 0.873. The van der Waals surface area contributed by atoms with Crippen LogP contribution in [0.25, 0.3) is 0 Å². The van der Waals surface area contributed by atoms with Crippen LogP contribution in [0.5, 0.6) is 0 Å². The van der Waals surface area contributed by atoms with Crippen molar-refractivity contribution in [3.63, 3.8) is 0 Å². The molecule has 23 heavy (non-hydrogen) atoms. The van der Waals surface area contributed by atoms with Gasteiger partial charge in [0.05, 0.1) is 6.54 Å². The van der Waals surface area contributed by atoms with Crippen LogP contribution in [-0.2, 0) is 17.9 Å². The van der Waals surface area contributed by atoms with E-state index in [4.69, 9.17) is 0 Å². The van der Waals surface area contributed by atoms with E-state index in [-0.39, 0.29) is 18.5 Å². The molecule has 0 saturated heterocycles. The van der Waals surface area contributed by atoms with Gasteiger partial charge in [-0.3, -0.25) is 19.1 Å². The summed E-state index contributed by atoms with van der Waals surface area (Å²) < 4.78 is 1.22. The van der Waals surface area contributed by atoms with Crippen molar-refractivity contribution in [1.29, 1.82) is 0 Å². The van der Waals surface area contributed by atoms with E-state index in [2.05, 4.69) is 4.98 Å². The topological polar surface area (TPSA) is 75.2 Å². The second-order valence-electron chi connectivity index (χ2n) is 5.54. The third-order valence-electron chi connectivity index (χ3n) is 3.93. The molecule has 2 rings (SSSR count). The molecule has 0 saturated carbocycles. The summed E-state index contributed by atoms with van der Waals surface area (Å²) in [4.78, 5) is 40.6. The van der Waals surface area contributed by atoms with Crippen LogP contribution >= 0.6 is 11.3 Å². The lowest BCUT2D eigenvalue weighted by atomic mass is 10.2. The van der Waals surface area contributed by atoms with Gasteiger partial charge in [0.15, 0.2) is 0 Å². The number of aryl methyl sites for hydroxylation is 1. The van der Waals surface area contributed by atoms with Crippen LogP contribution in [0.2, 0.25) is 0 Å². The number of thiophene rings is 1. The molecular formula is C16H21N3O3S. The SMILES string of the molecule is CCC(C)N(Cc1sccc1C)C(=O)Cn1ccc(=O)[nH]c1=O. The predicted molar refractivity (Wildman–Crippen MR) is 90.7 cm³/mol. The maximum atomic E-state index is 12.7. The van der Waals surface area contributed by atoms with Gasteiger partial charge in [0.2, 0.25) is 5.91 Å². The molecule has 0 aromatic carbocycles. The van der Waals surface area contributed by atoms with Gasteiger partial charge in [0.25, 0.3) is 5.56 Å². The zero-order valence-corrected chi connectivity index (χ0v) is 14.4. The van der Waals surface area contributed by atoms with Crippen LogP contribution in [0.1, 0.15) is 30.7 Å². The summed E-state index contributed by atoms with van der Waals surface area (Å²) in [7, 11) is 0. The molecule has 1 N–H and O–H groups in total. The van der Waals surface area contributed by atoms with Gasteiger partial charge < -0.3 is 4.90 Å². The highest BCUT2D eigenvalue weighted by Gasteiger charge is 2.21. The van der Waals surface area contributed by atoms with Crippen LogP contribution in [-0.4, -0.2) is 26.4 Å². The molecule has 0 fully saturated rings. The highest BCUT2D eigenvalue weighted by atomic mass is 32.1. The van der Waals surface area contributed by atoms with Gasteiger partial charge in [-0.2, -0.15) is 0 Å². The van der Waals surface area contributed by atoms with E-state index in [0.29, 0.717) is 6.54 Å². The van der Waals surface area contributed by atoms with Crippen molar-refractivity contribution < 1.29 is 4.79 Å². The fourth-order valence-electron chi connectivity index (χ4n) is 2.24. The Labute approximate surface area is 138 Å². The largest absolute Gasteiger partial charge is 0.333 e. The van der Waals surface area contributed by atoms with Crippen molar-refractivity contribution in [2.24, 2.45) is 0 Å². The van der Waals surface area contributed by atoms with E-state index >= 15 is 0 Å². The molecule has 2 aromatic rings. The average molecular weight is 335 g/mol. The van der Waals surface area contributed by atoms with Crippen molar-refractivity contribution in [2.75, 3.05) is 0 Å². The van der Waals surface area contributed by atoms with Gasteiger partial charge in [0, 0.05) is 23.2 Å². The van der Waals surface area contributed by atoms with Crippen molar-refractivity contribution in [3.05, 3.63) is 55.0 Å². The Balaban J connectivity index is 2.21. The van der Waals surface area contributed by atoms with Gasteiger partial charge in [-0.15, -0.1) is 11.3 Å². The van der Waals surface area contributed by atoms with Crippen LogP contribution in [0.4, 0.5) is 0 Å². The van der Waals surface area contributed by atoms with Gasteiger partial charge in [0.1, 0.15) is 6.54 Å². The normalized spacial score (nSPS) is 12.1. The van der Waals surface area contributed by atoms with E-state index < -0.39 is 11.2 Å². The number of carbonyl (C=O) groups is 1. The zero-order valence-electron chi connectivity index (χ0n) is 13.5. The first-order chi connectivity index (χ1) is 10.9. The molecule has 2 heterocycles. The molecule has 1 unspecified atom stereocenters. The fraction of sp³-hybridized carbons (Fsp3) is 0.438. The van der Waals surface area contributed by atoms with Gasteiger partial charge >= 0.3 is 5.69 Å². The Kier molecular flexibility index (Phi) is 5.54. The minimum absolute atomic E-state index is 0.0717. The zero-order chi connectivity index (χ0) is 17.0. The summed E-state index contributed by atoms with van der Waals surface area (Å²) in [5.74, 6) is -0.138. The van der Waals surface area contributed by atoms with Gasteiger partial charge in [-0.05, 0) is 37.3 Å². The molecule has 0 aliphatic carbocycles. The molecule has 0 radical (unpaired) electrons. The van der Waals surface area contributed by atoms with Gasteiger partial charge in [-0.1, -0.05) is 6.92 Å². The lowest BCUT2D eigenvalue weighted by Gasteiger charge is -2.28. The van der Waals surface area contributed by atoms with Crippen LogP contribution in [0.15, 0.2) is 33.3 Å². The second kappa shape index (κ2) is 7.41. The standard InChI is InChI=1S/C16H21N3O3S/c1-4-12(3)19(9-13-11(2)6-8-23-13)15(21)10-18-7-5-14(20)17-16(18)22/h5-8,12H,4,9-10H2,1-3H3,(H,17,20,22). The van der Waals surface area contributed by atoms with Crippen LogP contribution in [0.3, 0.4) is 0 Å². The van der Waals surface area contributed by atoms with E-state index in [0.717, 1.165) is 16.9 Å². The lowest BCUT2D eigenvalue weighted by Crippen LogP contribution is -2.42. The first-order valence-electron chi connectivity index (χ1n) is 7.54. The maximum absolute atomic E-state index is 12.7. The lowest BCUT2D eigenvalue weighted by molar-refractivity contribution is -0.134. The number of aromatic amines is 1. The van der Waals surface area contributed by atoms with Crippen LogP contribution < -0.4 is 11.2 Å². The van der Waals surface area contributed by atoms with E-state index in [1.165, 1.54) is 16.8 Å². The third kappa shape index (κ3) is 4.19. The number of rotatable bonds is 6. The monoisotopic (exact) mass is 335 g/mol. The van der Waals surface area contributed by atoms with Crippen LogP contribution in [0, 0.1) is 6.92 Å². The molecule has 6 nitrogen and oxygen atoms in total. The molecule has 7 heteroatoms. The summed E-state index contributed by atoms with van der Waals surface area (Å²) in [6.07, 6.45) is 2.18. The number of H-pyrrole nitrogens is 1. The summed E-state index contributed by atoms with van der Waals surface area (Å²) in [6, 6.07) is 3.35. The Hall–Kier alpha value is -2.15. The average Bonchev–Trinajstić information content (AvgIpc) is 2.92. The first-order valence-corrected chi connectivity index (χ1v) is 8.42. The second-order valence-corrected chi connectivity index (χ2v) is 6.54. The summed E-state index contributed by atoms with van der Waals surface area (Å²) >= 11 is 1.62. The first kappa shape index (κ1) is 17.2. The van der Waals surface area contributed by atoms with Crippen molar-refractivity contribution in [3.8, 4) is 0 Å². The number of aromatic nitrogens is 2. The van der Waals surface area contributed by atoms with Crippen molar-refractivity contribution in [1.82, 2.24) is 14.5 Å². The third-order valence-corrected chi connectivity index (χ3v) is 4.94. The van der Waals surface area contributed by atoms with E-state index in [9.17, 15) is 14.4 Å². The minimum Gasteiger partial charge on any atom is -0.333 e. The Morgan fingerprint density at radius 3 is 2.70 bits per heavy atom. The minimum atomic E-state index is -0.567. The number of amides is 1. The molecule has 124 valence electrons. The number of hydrogen-bond donors (Lipinski definition) is 1. The fourth-order valence-corrected chi connectivity index (χ4v) is 3.14. The number of hydrogen-bond acceptors (Lipinski definition) is 4. The highest BCUT2D eigenvalue weighted by molar-refractivity contribution is 7.10. The molecule has 0 bridgehead atoms. The summed E-state index contributed by atoms with van der Waals surface area (Å²) in [6.45, 7) is 6.51. The molecule has 0 aliphatic heterocycles. The smallest absolute Gasteiger partial charge is 0.328 e. The molecule has 0 aliphatic rings. The predicted octanol–water partition coefficient (Wildman–Crippen LogP) is 1.73. The Bertz CT molecular complexity index is 790. The van der Waals surface area contributed by atoms with Crippen molar-refractivity contribution >= 4 is 17.2 Å². The number of nitrogens with one attached hydrogen (secondary N) is 1. The Morgan fingerprint density at radius 2 is 2.13 bits per heavy atom. The van der Waals surface area contributed by atoms with E-state index in [1.54, 1.807) is 16.2 Å². The van der Waals surface area contributed by atoms with Crippen molar-refractivity contribution in [2.45, 2.75) is 46.3 Å². The molecule has 2 aromatic heterocycles. The highest BCUT2D eigenvalue weighted by Crippen LogP contribution is 2.20. The molecule has 1 amide bonds. The molecular weight excluding hydrogens is 314 g/mol. The number of nitrogens with zero attached hydrogens (tertiary/aromatic N) is 2. The molecule has 1 atom stereocenters. The summed E-state index contributed by atoms with van der Waals surface area (Å²) in [5, 5.41) is 2.01. The van der Waals surface area contributed by atoms with Gasteiger partial charge in [-0.25, -0.2) is 4.79 Å².